The van der Waals surface area contributed by atoms with E-state index in [9.17, 15) is 31.0 Å². The Morgan fingerprint density at radius 3 is 2.05 bits per heavy atom. The van der Waals surface area contributed by atoms with Crippen LogP contribution in [0.3, 0.4) is 0 Å². The molecule has 0 bridgehead atoms. The van der Waals surface area contributed by atoms with E-state index in [-0.39, 0.29) is 92.7 Å². The summed E-state index contributed by atoms with van der Waals surface area (Å²) >= 11 is 0. The minimum Gasteiger partial charge on any atom is -0.871 e. The molecule has 0 aliphatic carbocycles. The number of hydrogen-bond acceptors (Lipinski definition) is 12. The molecule has 40 heavy (non-hydrogen) atoms. The molecular formula is C23H17N5Na2O8S2. The predicted molar refractivity (Wildman–Crippen MR) is 133 cm³/mol. The summed E-state index contributed by atoms with van der Waals surface area (Å²) in [6.07, 6.45) is 0. The molecule has 0 atom stereocenters. The first kappa shape index (κ1) is 33.8. The molecule has 0 saturated heterocycles. The first-order valence-corrected chi connectivity index (χ1v) is 13.3. The molecule has 0 radical (unpaired) electrons. The van der Waals surface area contributed by atoms with E-state index in [2.05, 4.69) is 20.5 Å². The second-order valence-electron chi connectivity index (χ2n) is 7.71. The first-order valence-electron chi connectivity index (χ1n) is 10.4. The van der Waals surface area contributed by atoms with E-state index in [1.807, 2.05) is 0 Å². The Morgan fingerprint density at radius 2 is 1.45 bits per heavy atom. The number of nitrogens with zero attached hydrogens (tertiary/aromatic N) is 4. The van der Waals surface area contributed by atoms with E-state index in [1.165, 1.54) is 55.6 Å². The monoisotopic (exact) mass is 601 g/mol. The summed E-state index contributed by atoms with van der Waals surface area (Å²) in [5, 5.41) is 29.0. The molecule has 4 aromatic carbocycles. The second-order valence-corrected chi connectivity index (χ2v) is 10.5. The van der Waals surface area contributed by atoms with Crippen molar-refractivity contribution in [3.05, 3.63) is 66.7 Å². The summed E-state index contributed by atoms with van der Waals surface area (Å²) in [5.74, 6) is -0.657. The molecule has 0 aliphatic heterocycles. The van der Waals surface area contributed by atoms with Crippen molar-refractivity contribution >= 4 is 59.4 Å². The van der Waals surface area contributed by atoms with Crippen LogP contribution in [0.1, 0.15) is 0 Å². The van der Waals surface area contributed by atoms with Gasteiger partial charge in [-0.2, -0.15) is 18.6 Å². The van der Waals surface area contributed by atoms with Crippen molar-refractivity contribution in [3.63, 3.8) is 0 Å². The summed E-state index contributed by atoms with van der Waals surface area (Å²) in [7, 11) is -8.07. The summed E-state index contributed by atoms with van der Waals surface area (Å²) in [4.78, 5) is -1.12. The summed E-state index contributed by atoms with van der Waals surface area (Å²) in [6.45, 7) is 0. The largest absolute Gasteiger partial charge is 1.00 e. The van der Waals surface area contributed by atoms with Gasteiger partial charge in [-0.15, -0.1) is 10.2 Å². The van der Waals surface area contributed by atoms with E-state index in [4.69, 9.17) is 10.5 Å². The van der Waals surface area contributed by atoms with Crippen LogP contribution in [0.25, 0.3) is 10.8 Å². The van der Waals surface area contributed by atoms with Gasteiger partial charge in [0, 0.05) is 11.8 Å². The molecule has 4 rings (SSSR count). The van der Waals surface area contributed by atoms with Crippen molar-refractivity contribution in [2.45, 2.75) is 9.79 Å². The zero-order chi connectivity index (χ0) is 27.7. The summed E-state index contributed by atoms with van der Waals surface area (Å²) in [5.41, 5.74) is 6.08. The average Bonchev–Trinajstić information content (AvgIpc) is 2.86. The van der Waals surface area contributed by atoms with Gasteiger partial charge in [0.25, 0.3) is 10.1 Å². The SMILES string of the molecule is COc1cc(N=Nc2ccc(S(=O)(=O)[O-])cc2)ccc1N=Nc1c(S(=O)(=O)O)cc2ccc(N)cc2c1[O-].[Na+].[Na+]. The minimum atomic E-state index is -4.82. The van der Waals surface area contributed by atoms with Crippen molar-refractivity contribution in [3.8, 4) is 11.5 Å². The van der Waals surface area contributed by atoms with E-state index < -0.39 is 41.5 Å². The number of fused-ring (bicyclic) bond motifs is 1. The molecule has 0 aliphatic rings. The van der Waals surface area contributed by atoms with Gasteiger partial charge in [0.15, 0.2) is 0 Å². The normalized spacial score (nSPS) is 11.9. The molecular weight excluding hydrogens is 584 g/mol. The molecule has 17 heteroatoms. The van der Waals surface area contributed by atoms with E-state index >= 15 is 0 Å². The standard InChI is InChI=1S/C23H19N5O8S2.2Na/c1-36-20-12-16(26-25-15-4-7-17(8-5-15)37(30,31)32)6-9-19(20)27-28-22-21(38(33,34)35)10-13-2-3-14(24)11-18(13)23(22)29;;/h2-12,29H,24H2,1H3,(H,30,31,32)(H,33,34,35);;/q;2*+1/p-2. The molecule has 0 aromatic heterocycles. The number of methoxy groups -OCH3 is 1. The van der Waals surface area contributed by atoms with E-state index in [0.717, 1.165) is 18.2 Å². The zero-order valence-corrected chi connectivity index (χ0v) is 27.0. The number of benzene rings is 4. The van der Waals surface area contributed by atoms with E-state index in [1.54, 1.807) is 0 Å². The number of nitrogen functional groups attached to an aromatic ring is 1. The number of anilines is 1. The van der Waals surface area contributed by atoms with Gasteiger partial charge in [-0.25, -0.2) is 8.42 Å². The molecule has 4 aromatic rings. The van der Waals surface area contributed by atoms with Crippen molar-refractivity contribution < 1.29 is 94.9 Å². The Hall–Kier alpha value is -2.44. The minimum absolute atomic E-state index is 0. The molecule has 0 saturated carbocycles. The Balaban J connectivity index is 0.00000280. The first-order chi connectivity index (χ1) is 17.9. The van der Waals surface area contributed by atoms with Gasteiger partial charge in [-0.3, -0.25) is 4.55 Å². The molecule has 0 heterocycles. The van der Waals surface area contributed by atoms with Gasteiger partial charge in [-0.1, -0.05) is 11.8 Å². The van der Waals surface area contributed by atoms with Crippen LogP contribution in [0.4, 0.5) is 28.4 Å². The number of azo groups is 2. The zero-order valence-electron chi connectivity index (χ0n) is 21.3. The third-order valence-corrected chi connectivity index (χ3v) is 6.88. The number of hydrogen-bond donors (Lipinski definition) is 2. The van der Waals surface area contributed by atoms with Crippen molar-refractivity contribution in [2.24, 2.45) is 20.5 Å². The third kappa shape index (κ3) is 7.85. The van der Waals surface area contributed by atoms with Crippen LogP contribution >= 0.6 is 0 Å². The topological polar surface area (TPSA) is 219 Å². The molecule has 0 spiro atoms. The Bertz CT molecular complexity index is 1830. The maximum atomic E-state index is 13.0. The predicted octanol–water partition coefficient (Wildman–Crippen LogP) is -1.51. The molecule has 3 N–H and O–H groups in total. The Morgan fingerprint density at radius 1 is 0.825 bits per heavy atom. The van der Waals surface area contributed by atoms with Crippen molar-refractivity contribution in [2.75, 3.05) is 12.8 Å². The van der Waals surface area contributed by atoms with Crippen LogP contribution in [0.15, 0.2) is 97.0 Å². The quantitative estimate of drug-likeness (QED) is 0.109. The van der Waals surface area contributed by atoms with Crippen LogP contribution in [0, 0.1) is 0 Å². The van der Waals surface area contributed by atoms with Gasteiger partial charge in [0.05, 0.1) is 29.1 Å². The van der Waals surface area contributed by atoms with Crippen LogP contribution < -0.4 is 74.7 Å². The van der Waals surface area contributed by atoms with Crippen LogP contribution in [0.2, 0.25) is 0 Å². The molecule has 0 fully saturated rings. The fraction of sp³-hybridized carbons (Fsp3) is 0.0435. The van der Waals surface area contributed by atoms with Gasteiger partial charge < -0.3 is 20.1 Å². The second kappa shape index (κ2) is 13.5. The van der Waals surface area contributed by atoms with Crippen molar-refractivity contribution in [1.29, 1.82) is 0 Å². The van der Waals surface area contributed by atoms with Gasteiger partial charge in [-0.05, 0) is 65.4 Å². The summed E-state index contributed by atoms with van der Waals surface area (Å²) < 4.78 is 71.9. The van der Waals surface area contributed by atoms with Crippen LogP contribution in [0.5, 0.6) is 11.5 Å². The average molecular weight is 602 g/mol. The Kier molecular flexibility index (Phi) is 11.4. The molecule has 196 valence electrons. The Labute approximate surface area is 273 Å². The smallest absolute Gasteiger partial charge is 0.871 e. The maximum Gasteiger partial charge on any atom is 1.00 e. The van der Waals surface area contributed by atoms with E-state index in [0.29, 0.717) is 5.69 Å². The summed E-state index contributed by atoms with van der Waals surface area (Å²) in [6, 6.07) is 14.5. The molecule has 0 unspecified atom stereocenters. The van der Waals surface area contributed by atoms with Crippen LogP contribution in [-0.4, -0.2) is 33.1 Å². The fourth-order valence-corrected chi connectivity index (χ4v) is 4.47. The molecule has 13 nitrogen and oxygen atoms in total. The fourth-order valence-electron chi connectivity index (χ4n) is 3.35. The van der Waals surface area contributed by atoms with Gasteiger partial charge in [0.1, 0.15) is 26.5 Å². The number of ether oxygens (including phenoxy) is 1. The van der Waals surface area contributed by atoms with Crippen LogP contribution in [-0.2, 0) is 20.2 Å². The number of rotatable bonds is 7. The molecule has 0 amide bonds. The van der Waals surface area contributed by atoms with Gasteiger partial charge in [0.2, 0.25) is 0 Å². The number of nitrogens with two attached hydrogens (primary N) is 1. The van der Waals surface area contributed by atoms with Crippen molar-refractivity contribution in [1.82, 2.24) is 0 Å². The van der Waals surface area contributed by atoms with Gasteiger partial charge >= 0.3 is 59.1 Å². The maximum absolute atomic E-state index is 13.0. The third-order valence-electron chi connectivity index (χ3n) is 5.16.